The summed E-state index contributed by atoms with van der Waals surface area (Å²) in [5, 5.41) is 0. The number of hydrogen-bond donors (Lipinski definition) is 0. The minimum absolute atomic E-state index is 0.141. The van der Waals surface area contributed by atoms with E-state index in [1.807, 2.05) is 0 Å². The van der Waals surface area contributed by atoms with Crippen LogP contribution >= 0.6 is 0 Å². The van der Waals surface area contributed by atoms with Crippen molar-refractivity contribution in [3.8, 4) is 16.9 Å². The van der Waals surface area contributed by atoms with Crippen LogP contribution in [0.25, 0.3) is 11.1 Å². The fourth-order valence-electron chi connectivity index (χ4n) is 4.60. The van der Waals surface area contributed by atoms with Crippen LogP contribution in [0.5, 0.6) is 5.75 Å². The molecule has 3 aromatic carbocycles. The van der Waals surface area contributed by atoms with Crippen LogP contribution in [0.1, 0.15) is 55.2 Å². The topological polar surface area (TPSA) is 9.23 Å². The van der Waals surface area contributed by atoms with Gasteiger partial charge >= 0.3 is 6.11 Å². The Kier molecular flexibility index (Phi) is 7.03. The molecular weight excluding hydrogens is 492 g/mol. The Bertz CT molecular complexity index is 1270. The molecule has 4 rings (SSSR count). The van der Waals surface area contributed by atoms with Gasteiger partial charge < -0.3 is 4.74 Å². The molecule has 0 aromatic heterocycles. The third kappa shape index (κ3) is 4.80. The highest BCUT2D eigenvalue weighted by Gasteiger charge is 2.40. The van der Waals surface area contributed by atoms with Gasteiger partial charge in [0.1, 0.15) is 11.3 Å². The summed E-state index contributed by atoms with van der Waals surface area (Å²) >= 11 is 0. The second-order valence-electron chi connectivity index (χ2n) is 9.23. The molecule has 0 atom stereocenters. The summed E-state index contributed by atoms with van der Waals surface area (Å²) in [6.45, 7) is 3.18. The lowest BCUT2D eigenvalue weighted by molar-refractivity contribution is -0.187. The third-order valence-corrected chi connectivity index (χ3v) is 6.68. The molecule has 1 nitrogen and oxygen atoms in total. The number of halogens is 8. The molecule has 1 saturated carbocycles. The largest absolute Gasteiger partial charge is 0.429 e. The van der Waals surface area contributed by atoms with Gasteiger partial charge in [-0.1, -0.05) is 38.0 Å². The first-order chi connectivity index (χ1) is 16.9. The highest BCUT2D eigenvalue weighted by Crippen LogP contribution is 2.41. The highest BCUT2D eigenvalue weighted by atomic mass is 19.3. The molecule has 0 radical (unpaired) electrons. The molecule has 0 saturated heterocycles. The first-order valence-electron chi connectivity index (χ1n) is 11.4. The Morgan fingerprint density at radius 2 is 1.31 bits per heavy atom. The van der Waals surface area contributed by atoms with Gasteiger partial charge in [-0.25, -0.2) is 26.3 Å². The normalized spacial score (nSPS) is 18.4. The zero-order valence-corrected chi connectivity index (χ0v) is 19.4. The molecule has 0 aliphatic heterocycles. The summed E-state index contributed by atoms with van der Waals surface area (Å²) < 4.78 is 120. The first kappa shape index (κ1) is 26.0. The van der Waals surface area contributed by atoms with Crippen molar-refractivity contribution in [2.45, 2.75) is 51.6 Å². The molecule has 0 amide bonds. The Labute approximate surface area is 202 Å². The number of rotatable bonds is 5. The Hall–Kier alpha value is -3.10. The van der Waals surface area contributed by atoms with Gasteiger partial charge in [-0.05, 0) is 54.9 Å². The zero-order chi connectivity index (χ0) is 26.4. The fraction of sp³-hybridized carbons (Fsp3) is 0.333. The van der Waals surface area contributed by atoms with Crippen molar-refractivity contribution in [3.63, 3.8) is 0 Å². The maximum Gasteiger partial charge on any atom is 0.429 e. The smallest absolute Gasteiger partial charge is 0.429 e. The van der Waals surface area contributed by atoms with Crippen LogP contribution in [0.15, 0.2) is 36.4 Å². The summed E-state index contributed by atoms with van der Waals surface area (Å²) in [6.07, 6.45) is -1.45. The van der Waals surface area contributed by atoms with E-state index in [0.717, 1.165) is 31.9 Å². The first-order valence-corrected chi connectivity index (χ1v) is 11.4. The van der Waals surface area contributed by atoms with Crippen LogP contribution in [-0.4, -0.2) is 0 Å². The predicted octanol–water partition coefficient (Wildman–Crippen LogP) is 8.92. The quantitative estimate of drug-likeness (QED) is 0.309. The monoisotopic (exact) mass is 514 g/mol. The van der Waals surface area contributed by atoms with E-state index in [9.17, 15) is 35.1 Å². The van der Waals surface area contributed by atoms with Crippen LogP contribution in [0.4, 0.5) is 35.1 Å². The number of benzene rings is 3. The maximum atomic E-state index is 14.9. The molecule has 1 aliphatic carbocycles. The standard InChI is InChI=1S/C27H22F8O/c1-13-3-5-15(6-4-13)17-7-8-18(24(31)23(17)30)19-9-10-20(26(33)25(19)32)27(34,35)36-16-11-14(2)22(29)21(28)12-16/h7-13,15H,3-6H2,1-2H3. The molecule has 0 heterocycles. The molecule has 9 heteroatoms. The van der Waals surface area contributed by atoms with Gasteiger partial charge in [0.2, 0.25) is 0 Å². The lowest BCUT2D eigenvalue weighted by atomic mass is 9.79. The molecule has 0 bridgehead atoms. The molecule has 36 heavy (non-hydrogen) atoms. The molecule has 1 fully saturated rings. The van der Waals surface area contributed by atoms with Gasteiger partial charge in [-0.3, -0.25) is 0 Å². The molecule has 0 spiro atoms. The third-order valence-electron chi connectivity index (χ3n) is 6.68. The minimum atomic E-state index is -4.49. The number of aryl methyl sites for hydroxylation is 1. The molecule has 1 aliphatic rings. The van der Waals surface area contributed by atoms with Crippen molar-refractivity contribution in [1.29, 1.82) is 0 Å². The van der Waals surface area contributed by atoms with Crippen LogP contribution in [0.2, 0.25) is 0 Å². The van der Waals surface area contributed by atoms with E-state index in [4.69, 9.17) is 0 Å². The lowest BCUT2D eigenvalue weighted by Gasteiger charge is -2.27. The molecule has 0 N–H and O–H groups in total. The molecule has 0 unspecified atom stereocenters. The van der Waals surface area contributed by atoms with Gasteiger partial charge in [0.25, 0.3) is 0 Å². The maximum absolute atomic E-state index is 14.9. The van der Waals surface area contributed by atoms with E-state index in [1.165, 1.54) is 6.07 Å². The summed E-state index contributed by atoms with van der Waals surface area (Å²) in [4.78, 5) is 0. The van der Waals surface area contributed by atoms with Crippen LogP contribution in [0, 0.1) is 47.7 Å². The predicted molar refractivity (Wildman–Crippen MR) is 118 cm³/mol. The lowest BCUT2D eigenvalue weighted by Crippen LogP contribution is -2.24. The fourth-order valence-corrected chi connectivity index (χ4v) is 4.60. The van der Waals surface area contributed by atoms with Gasteiger partial charge in [-0.2, -0.15) is 8.78 Å². The zero-order valence-electron chi connectivity index (χ0n) is 19.4. The second kappa shape index (κ2) is 9.75. The minimum Gasteiger partial charge on any atom is -0.429 e. The average molecular weight is 514 g/mol. The summed E-state index contributed by atoms with van der Waals surface area (Å²) in [6, 6.07) is 4.66. The van der Waals surface area contributed by atoms with Gasteiger partial charge in [-0.15, -0.1) is 0 Å². The van der Waals surface area contributed by atoms with Gasteiger partial charge in [0.05, 0.1) is 0 Å². The molecular formula is C27H22F8O. The van der Waals surface area contributed by atoms with Crippen LogP contribution in [-0.2, 0) is 6.11 Å². The van der Waals surface area contributed by atoms with Crippen molar-refractivity contribution in [3.05, 3.63) is 88.0 Å². The molecule has 192 valence electrons. The van der Waals surface area contributed by atoms with E-state index < -0.39 is 63.5 Å². The second-order valence-corrected chi connectivity index (χ2v) is 9.23. The van der Waals surface area contributed by atoms with Crippen molar-refractivity contribution < 1.29 is 39.9 Å². The Morgan fingerprint density at radius 1 is 0.722 bits per heavy atom. The Morgan fingerprint density at radius 3 is 1.92 bits per heavy atom. The van der Waals surface area contributed by atoms with E-state index in [2.05, 4.69) is 11.7 Å². The Balaban J connectivity index is 1.66. The van der Waals surface area contributed by atoms with E-state index >= 15 is 0 Å². The van der Waals surface area contributed by atoms with Crippen molar-refractivity contribution >= 4 is 0 Å². The SMILES string of the molecule is Cc1cc(OC(F)(F)c2ccc(-c3ccc(C4CCC(C)CC4)c(F)c3F)c(F)c2F)cc(F)c1F. The summed E-state index contributed by atoms with van der Waals surface area (Å²) in [5.74, 6) is -9.76. The number of hydrogen-bond acceptors (Lipinski definition) is 1. The van der Waals surface area contributed by atoms with E-state index in [1.54, 1.807) is 0 Å². The highest BCUT2D eigenvalue weighted by molar-refractivity contribution is 5.66. The van der Waals surface area contributed by atoms with E-state index in [-0.39, 0.29) is 17.0 Å². The average Bonchev–Trinajstić information content (AvgIpc) is 2.81. The van der Waals surface area contributed by atoms with Crippen LogP contribution in [0.3, 0.4) is 0 Å². The van der Waals surface area contributed by atoms with Gasteiger partial charge in [0, 0.05) is 17.2 Å². The van der Waals surface area contributed by atoms with Crippen LogP contribution < -0.4 is 4.74 Å². The molecule has 3 aromatic rings. The van der Waals surface area contributed by atoms with Crippen molar-refractivity contribution in [2.24, 2.45) is 5.92 Å². The number of alkyl halides is 2. The summed E-state index contributed by atoms with van der Waals surface area (Å²) in [5.41, 5.74) is -3.13. The van der Waals surface area contributed by atoms with Crippen molar-refractivity contribution in [2.75, 3.05) is 0 Å². The van der Waals surface area contributed by atoms with Crippen molar-refractivity contribution in [1.82, 2.24) is 0 Å². The number of ether oxygens (including phenoxy) is 1. The summed E-state index contributed by atoms with van der Waals surface area (Å²) in [7, 11) is 0. The van der Waals surface area contributed by atoms with E-state index in [0.29, 0.717) is 37.0 Å². The van der Waals surface area contributed by atoms with Gasteiger partial charge in [0.15, 0.2) is 34.9 Å².